The third-order valence-electron chi connectivity index (χ3n) is 4.60. The van der Waals surface area contributed by atoms with Crippen LogP contribution in [0, 0.1) is 11.7 Å². The molecule has 6 nitrogen and oxygen atoms in total. The van der Waals surface area contributed by atoms with Crippen LogP contribution in [0.3, 0.4) is 0 Å². The van der Waals surface area contributed by atoms with Crippen molar-refractivity contribution in [2.75, 3.05) is 40.5 Å². The van der Waals surface area contributed by atoms with E-state index >= 15 is 0 Å². The van der Waals surface area contributed by atoms with Gasteiger partial charge in [-0.05, 0) is 12.5 Å². The smallest absolute Gasteiger partial charge is 0.227 e. The molecule has 0 spiro atoms. The Morgan fingerprint density at radius 1 is 1.44 bits per heavy atom. The molecule has 0 aromatic heterocycles. The van der Waals surface area contributed by atoms with Gasteiger partial charge in [-0.2, -0.15) is 0 Å². The molecule has 1 heterocycles. The van der Waals surface area contributed by atoms with Crippen molar-refractivity contribution in [3.63, 3.8) is 0 Å². The summed E-state index contributed by atoms with van der Waals surface area (Å²) in [7, 11) is 3.14. The van der Waals surface area contributed by atoms with E-state index in [0.717, 1.165) is 0 Å². The van der Waals surface area contributed by atoms with Crippen molar-refractivity contribution in [1.82, 2.24) is 9.80 Å². The molecule has 1 saturated heterocycles. The van der Waals surface area contributed by atoms with Gasteiger partial charge in [0.2, 0.25) is 11.8 Å². The number of halogens is 1. The van der Waals surface area contributed by atoms with Gasteiger partial charge >= 0.3 is 0 Å². The monoisotopic (exact) mass is 352 g/mol. The maximum Gasteiger partial charge on any atom is 0.227 e. The lowest BCUT2D eigenvalue weighted by molar-refractivity contribution is -0.148. The minimum absolute atomic E-state index is 0.112. The molecule has 2 amide bonds. The molecule has 1 N–H and O–H groups in total. The van der Waals surface area contributed by atoms with E-state index < -0.39 is 17.8 Å². The minimum Gasteiger partial charge on any atom is -0.395 e. The summed E-state index contributed by atoms with van der Waals surface area (Å²) in [6, 6.07) is 5.56. The summed E-state index contributed by atoms with van der Waals surface area (Å²) in [5.74, 6) is -1.30. The molecule has 2 rings (SSSR count). The number of methoxy groups -OCH3 is 1. The predicted octanol–water partition coefficient (Wildman–Crippen LogP) is 1.20. The maximum absolute atomic E-state index is 14.4. The highest BCUT2D eigenvalue weighted by atomic mass is 19.1. The molecule has 0 aliphatic carbocycles. The summed E-state index contributed by atoms with van der Waals surface area (Å²) in [6.07, 6.45) is 0.591. The summed E-state index contributed by atoms with van der Waals surface area (Å²) in [4.78, 5) is 28.2. The van der Waals surface area contributed by atoms with Crippen LogP contribution in [0.25, 0.3) is 0 Å². The fraction of sp³-hybridized carbons (Fsp3) is 0.556. The molecular formula is C18H25FN2O4. The van der Waals surface area contributed by atoms with Crippen molar-refractivity contribution in [2.24, 2.45) is 5.92 Å². The zero-order chi connectivity index (χ0) is 18.4. The number of piperidine rings is 1. The Hall–Kier alpha value is -1.99. The number of hydrogen-bond donors (Lipinski definition) is 1. The van der Waals surface area contributed by atoms with Crippen LogP contribution in [0.4, 0.5) is 4.39 Å². The summed E-state index contributed by atoms with van der Waals surface area (Å²) >= 11 is 0. The highest BCUT2D eigenvalue weighted by Gasteiger charge is 2.42. The lowest BCUT2D eigenvalue weighted by Crippen LogP contribution is -2.49. The number of aliphatic hydroxyl groups is 1. The lowest BCUT2D eigenvalue weighted by atomic mass is 9.83. The average molecular weight is 352 g/mol. The Morgan fingerprint density at radius 3 is 2.80 bits per heavy atom. The van der Waals surface area contributed by atoms with E-state index in [2.05, 4.69) is 0 Å². The molecule has 1 aromatic rings. The van der Waals surface area contributed by atoms with Gasteiger partial charge in [0.1, 0.15) is 5.82 Å². The Balaban J connectivity index is 2.40. The van der Waals surface area contributed by atoms with Crippen molar-refractivity contribution >= 4 is 11.8 Å². The Bertz CT molecular complexity index is 610. The van der Waals surface area contributed by atoms with Crippen molar-refractivity contribution in [3.8, 4) is 0 Å². The number of amides is 2. The maximum atomic E-state index is 14.4. The number of ether oxygens (including phenoxy) is 1. The van der Waals surface area contributed by atoms with Crippen LogP contribution in [0.15, 0.2) is 24.3 Å². The second-order valence-corrected chi connectivity index (χ2v) is 6.17. The normalized spacial score (nSPS) is 20.6. The molecule has 1 aliphatic rings. The molecule has 1 fully saturated rings. The molecule has 0 radical (unpaired) electrons. The second kappa shape index (κ2) is 8.92. The van der Waals surface area contributed by atoms with Crippen LogP contribution in [0.1, 0.15) is 24.4 Å². The standard InChI is InChI=1S/C18H25FN2O4/c1-20(9-11-22)18(24)14-7-8-16(23)21(10-12-25-2)17(14)13-5-3-4-6-15(13)19/h3-6,14,17,22H,7-12H2,1-2H3/t14-,17+/m1/s1. The van der Waals surface area contributed by atoms with Gasteiger partial charge in [0, 0.05) is 39.2 Å². The Kier molecular flexibility index (Phi) is 6.90. The predicted molar refractivity (Wildman–Crippen MR) is 90.2 cm³/mol. The van der Waals surface area contributed by atoms with Gasteiger partial charge in [-0.1, -0.05) is 18.2 Å². The van der Waals surface area contributed by atoms with E-state index in [9.17, 15) is 14.0 Å². The first-order valence-electron chi connectivity index (χ1n) is 8.40. The average Bonchev–Trinajstić information content (AvgIpc) is 2.60. The Labute approximate surface area is 147 Å². The van der Waals surface area contributed by atoms with Gasteiger partial charge in [-0.15, -0.1) is 0 Å². The quantitative estimate of drug-likeness (QED) is 0.801. The van der Waals surface area contributed by atoms with Crippen molar-refractivity contribution in [2.45, 2.75) is 18.9 Å². The molecule has 25 heavy (non-hydrogen) atoms. The highest BCUT2D eigenvalue weighted by Crippen LogP contribution is 2.38. The molecule has 1 aliphatic heterocycles. The zero-order valence-corrected chi connectivity index (χ0v) is 14.7. The number of likely N-dealkylation sites (N-methyl/N-ethyl adjacent to an activating group) is 1. The van der Waals surface area contributed by atoms with Crippen molar-refractivity contribution in [1.29, 1.82) is 0 Å². The summed E-state index contributed by atoms with van der Waals surface area (Å²) in [5.41, 5.74) is 0.336. The topological polar surface area (TPSA) is 70.1 Å². The number of rotatable bonds is 7. The molecule has 7 heteroatoms. The molecule has 0 saturated carbocycles. The molecule has 1 aromatic carbocycles. The molecular weight excluding hydrogens is 327 g/mol. The fourth-order valence-corrected chi connectivity index (χ4v) is 3.31. The van der Waals surface area contributed by atoms with E-state index in [-0.39, 0.29) is 31.4 Å². The van der Waals surface area contributed by atoms with E-state index in [1.54, 1.807) is 30.1 Å². The summed E-state index contributed by atoms with van der Waals surface area (Å²) in [6.45, 7) is 0.656. The zero-order valence-electron chi connectivity index (χ0n) is 14.7. The molecule has 0 unspecified atom stereocenters. The molecule has 2 atom stereocenters. The van der Waals surface area contributed by atoms with Crippen molar-refractivity contribution < 1.29 is 23.8 Å². The molecule has 138 valence electrons. The van der Waals surface area contributed by atoms with Crippen LogP contribution in [0.5, 0.6) is 0 Å². The summed E-state index contributed by atoms with van der Waals surface area (Å²) in [5, 5.41) is 9.09. The highest BCUT2D eigenvalue weighted by molar-refractivity contribution is 5.85. The number of aliphatic hydroxyl groups excluding tert-OH is 1. The van der Waals surface area contributed by atoms with Gasteiger partial charge < -0.3 is 19.6 Å². The van der Waals surface area contributed by atoms with E-state index in [1.165, 1.54) is 18.1 Å². The van der Waals surface area contributed by atoms with Crippen molar-refractivity contribution in [3.05, 3.63) is 35.6 Å². The minimum atomic E-state index is -0.675. The van der Waals surface area contributed by atoms with Gasteiger partial charge in [0.05, 0.1) is 25.2 Å². The lowest BCUT2D eigenvalue weighted by Gasteiger charge is -2.42. The van der Waals surface area contributed by atoms with Crippen LogP contribution in [-0.4, -0.2) is 67.2 Å². The third kappa shape index (κ3) is 4.35. The van der Waals surface area contributed by atoms with E-state index in [1.807, 2.05) is 0 Å². The van der Waals surface area contributed by atoms with Crippen LogP contribution < -0.4 is 0 Å². The van der Waals surface area contributed by atoms with Crippen LogP contribution >= 0.6 is 0 Å². The number of nitrogens with zero attached hydrogens (tertiary/aromatic N) is 2. The Morgan fingerprint density at radius 2 is 2.16 bits per heavy atom. The molecule has 0 bridgehead atoms. The van der Waals surface area contributed by atoms with Gasteiger partial charge in [0.15, 0.2) is 0 Å². The number of carbonyl (C=O) groups is 2. The van der Waals surface area contributed by atoms with Gasteiger partial charge in [0.25, 0.3) is 0 Å². The SMILES string of the molecule is COCCN1C(=O)CC[C@@H](C(=O)N(C)CCO)[C@@H]1c1ccccc1F. The second-order valence-electron chi connectivity index (χ2n) is 6.17. The van der Waals surface area contributed by atoms with Gasteiger partial charge in [-0.3, -0.25) is 9.59 Å². The largest absolute Gasteiger partial charge is 0.395 e. The summed E-state index contributed by atoms with van der Waals surface area (Å²) < 4.78 is 19.5. The number of likely N-dealkylation sites (tertiary alicyclic amines) is 1. The third-order valence-corrected chi connectivity index (χ3v) is 4.60. The number of benzene rings is 1. The number of carbonyl (C=O) groups excluding carboxylic acids is 2. The van der Waals surface area contributed by atoms with Crippen LogP contribution in [0.2, 0.25) is 0 Å². The first-order chi connectivity index (χ1) is 12.0. The van der Waals surface area contributed by atoms with E-state index in [0.29, 0.717) is 25.1 Å². The van der Waals surface area contributed by atoms with E-state index in [4.69, 9.17) is 9.84 Å². The first kappa shape index (κ1) is 19.3. The van der Waals surface area contributed by atoms with Gasteiger partial charge in [-0.25, -0.2) is 4.39 Å². The first-order valence-corrected chi connectivity index (χ1v) is 8.40. The van der Waals surface area contributed by atoms with Crippen LogP contribution in [-0.2, 0) is 14.3 Å². The fourth-order valence-electron chi connectivity index (χ4n) is 3.31. The number of hydrogen-bond acceptors (Lipinski definition) is 4.